The number of fused-ring (bicyclic) bond motifs is 1. The van der Waals surface area contributed by atoms with Crippen molar-refractivity contribution < 1.29 is 9.13 Å². The first-order valence-electron chi connectivity index (χ1n) is 9.21. The van der Waals surface area contributed by atoms with Crippen molar-refractivity contribution in [1.29, 1.82) is 5.26 Å². The molecule has 0 bridgehead atoms. The first kappa shape index (κ1) is 19.1. The number of hydrogen-bond donors (Lipinski definition) is 2. The summed E-state index contributed by atoms with van der Waals surface area (Å²) < 4.78 is 21.0. The third-order valence-electron chi connectivity index (χ3n) is 4.40. The van der Waals surface area contributed by atoms with Crippen molar-refractivity contribution in [3.63, 3.8) is 0 Å². The lowest BCUT2D eigenvalue weighted by molar-refractivity contribution is 0.415. The lowest BCUT2D eigenvalue weighted by Crippen LogP contribution is -2.06. The highest BCUT2D eigenvalue weighted by molar-refractivity contribution is 5.77. The second-order valence-electron chi connectivity index (χ2n) is 6.36. The molecular formula is C21H18FN7O. The molecule has 0 aliphatic heterocycles. The predicted octanol–water partition coefficient (Wildman–Crippen LogP) is 4.37. The predicted molar refractivity (Wildman–Crippen MR) is 112 cm³/mol. The maximum Gasteiger partial charge on any atom is 0.229 e. The second kappa shape index (κ2) is 8.45. The Morgan fingerprint density at radius 3 is 2.63 bits per heavy atom. The molecule has 2 aromatic carbocycles. The Balaban J connectivity index is 1.69. The Labute approximate surface area is 172 Å². The Bertz CT molecular complexity index is 1210. The summed E-state index contributed by atoms with van der Waals surface area (Å²) in [6.45, 7) is 0.350. The number of para-hydroxylation sites is 1. The van der Waals surface area contributed by atoms with Gasteiger partial charge in [-0.2, -0.15) is 10.2 Å². The summed E-state index contributed by atoms with van der Waals surface area (Å²) in [5.74, 6) is 1.11. The number of imidazole rings is 1. The molecule has 4 aromatic rings. The van der Waals surface area contributed by atoms with Gasteiger partial charge in [0.05, 0.1) is 31.5 Å². The van der Waals surface area contributed by atoms with E-state index in [1.54, 1.807) is 36.1 Å². The molecule has 2 heterocycles. The van der Waals surface area contributed by atoms with Gasteiger partial charge in [0.25, 0.3) is 0 Å². The number of aromatic nitrogens is 4. The number of rotatable bonds is 7. The standard InChI is InChI=1S/C21H18FN7O/c1-30-15-9-7-14(8-10-15)25-20-24-13-18-19(28-20)29(12-4-11-23)21(27-18)26-17-6-3-2-5-16(17)22/h2-3,5-10,13H,4,12H2,1H3,(H,26,27)(H,24,25,28). The van der Waals surface area contributed by atoms with Crippen LogP contribution in [0, 0.1) is 17.1 Å². The number of ether oxygens (including phenoxy) is 1. The normalized spacial score (nSPS) is 10.6. The van der Waals surface area contributed by atoms with Gasteiger partial charge in [-0.1, -0.05) is 12.1 Å². The molecule has 0 fully saturated rings. The molecular weight excluding hydrogens is 385 g/mol. The summed E-state index contributed by atoms with van der Waals surface area (Å²) >= 11 is 0. The van der Waals surface area contributed by atoms with Crippen LogP contribution in [0.3, 0.4) is 0 Å². The summed E-state index contributed by atoms with van der Waals surface area (Å²) in [7, 11) is 1.61. The minimum atomic E-state index is -0.399. The van der Waals surface area contributed by atoms with Crippen LogP contribution in [0.1, 0.15) is 6.42 Å². The maximum atomic E-state index is 14.1. The summed E-state index contributed by atoms with van der Waals surface area (Å²) in [4.78, 5) is 13.3. The molecule has 9 heteroatoms. The van der Waals surface area contributed by atoms with Crippen LogP contribution in [0.15, 0.2) is 54.7 Å². The third kappa shape index (κ3) is 3.98. The molecule has 2 aromatic heterocycles. The van der Waals surface area contributed by atoms with Gasteiger partial charge in [-0.15, -0.1) is 0 Å². The van der Waals surface area contributed by atoms with Gasteiger partial charge >= 0.3 is 0 Å². The van der Waals surface area contributed by atoms with Crippen LogP contribution in [0.25, 0.3) is 11.2 Å². The highest BCUT2D eigenvalue weighted by Gasteiger charge is 2.15. The number of methoxy groups -OCH3 is 1. The highest BCUT2D eigenvalue weighted by atomic mass is 19.1. The van der Waals surface area contributed by atoms with Crippen LogP contribution in [-0.2, 0) is 6.54 Å². The van der Waals surface area contributed by atoms with Crippen LogP contribution in [0.2, 0.25) is 0 Å². The van der Waals surface area contributed by atoms with E-state index in [9.17, 15) is 4.39 Å². The smallest absolute Gasteiger partial charge is 0.229 e. The molecule has 0 radical (unpaired) electrons. The van der Waals surface area contributed by atoms with E-state index in [1.165, 1.54) is 6.07 Å². The lowest BCUT2D eigenvalue weighted by Gasteiger charge is -2.10. The van der Waals surface area contributed by atoms with Crippen LogP contribution in [0.5, 0.6) is 5.75 Å². The number of benzene rings is 2. The van der Waals surface area contributed by atoms with Crippen molar-refractivity contribution in [2.75, 3.05) is 17.7 Å². The zero-order chi connectivity index (χ0) is 20.9. The Morgan fingerprint density at radius 1 is 1.10 bits per heavy atom. The van der Waals surface area contributed by atoms with E-state index in [0.717, 1.165) is 11.4 Å². The third-order valence-corrected chi connectivity index (χ3v) is 4.40. The monoisotopic (exact) mass is 403 g/mol. The topological polar surface area (TPSA) is 101 Å². The number of nitriles is 1. The minimum Gasteiger partial charge on any atom is -0.497 e. The molecule has 0 amide bonds. The quantitative estimate of drug-likeness (QED) is 0.472. The molecule has 30 heavy (non-hydrogen) atoms. The highest BCUT2D eigenvalue weighted by Crippen LogP contribution is 2.25. The number of aryl methyl sites for hydroxylation is 1. The van der Waals surface area contributed by atoms with Crippen LogP contribution < -0.4 is 15.4 Å². The van der Waals surface area contributed by atoms with Gasteiger partial charge in [0.1, 0.15) is 17.1 Å². The van der Waals surface area contributed by atoms with Gasteiger partial charge in [0.2, 0.25) is 11.9 Å². The van der Waals surface area contributed by atoms with Crippen molar-refractivity contribution in [2.45, 2.75) is 13.0 Å². The molecule has 0 saturated carbocycles. The first-order valence-corrected chi connectivity index (χ1v) is 9.21. The number of anilines is 4. The Morgan fingerprint density at radius 2 is 1.90 bits per heavy atom. The zero-order valence-corrected chi connectivity index (χ0v) is 16.1. The molecule has 0 atom stereocenters. The van der Waals surface area contributed by atoms with Crippen molar-refractivity contribution in [3.8, 4) is 11.8 Å². The van der Waals surface area contributed by atoms with E-state index in [-0.39, 0.29) is 12.1 Å². The van der Waals surface area contributed by atoms with Gasteiger partial charge in [0, 0.05) is 12.2 Å². The fourth-order valence-electron chi connectivity index (χ4n) is 2.93. The van der Waals surface area contributed by atoms with E-state index in [4.69, 9.17) is 10.00 Å². The molecule has 0 spiro atoms. The van der Waals surface area contributed by atoms with Crippen LogP contribution in [-0.4, -0.2) is 26.6 Å². The zero-order valence-electron chi connectivity index (χ0n) is 16.1. The van der Waals surface area contributed by atoms with Crippen molar-refractivity contribution >= 4 is 34.4 Å². The molecule has 0 saturated heterocycles. The van der Waals surface area contributed by atoms with Crippen molar-refractivity contribution in [1.82, 2.24) is 19.5 Å². The average Bonchev–Trinajstić information content (AvgIpc) is 3.10. The molecule has 8 nitrogen and oxygen atoms in total. The Hall–Kier alpha value is -4.19. The summed E-state index contributed by atoms with van der Waals surface area (Å²) in [6.07, 6.45) is 1.84. The van der Waals surface area contributed by atoms with Gasteiger partial charge in [-0.3, -0.25) is 4.57 Å². The lowest BCUT2D eigenvalue weighted by atomic mass is 10.3. The second-order valence-corrected chi connectivity index (χ2v) is 6.36. The number of nitrogens with one attached hydrogen (secondary N) is 2. The van der Waals surface area contributed by atoms with E-state index in [2.05, 4.69) is 31.7 Å². The van der Waals surface area contributed by atoms with Gasteiger partial charge < -0.3 is 15.4 Å². The summed E-state index contributed by atoms with van der Waals surface area (Å²) in [5.41, 5.74) is 2.15. The van der Waals surface area contributed by atoms with Gasteiger partial charge in [0.15, 0.2) is 5.65 Å². The molecule has 0 aliphatic carbocycles. The van der Waals surface area contributed by atoms with Crippen LogP contribution >= 0.6 is 0 Å². The van der Waals surface area contributed by atoms with E-state index in [0.29, 0.717) is 29.6 Å². The number of halogens is 1. The number of nitrogens with zero attached hydrogens (tertiary/aromatic N) is 5. The molecule has 0 unspecified atom stereocenters. The Kier molecular flexibility index (Phi) is 5.39. The first-order chi connectivity index (χ1) is 14.7. The van der Waals surface area contributed by atoms with Gasteiger partial charge in [-0.05, 0) is 36.4 Å². The fraction of sp³-hybridized carbons (Fsp3) is 0.143. The molecule has 4 rings (SSSR count). The summed E-state index contributed by atoms with van der Waals surface area (Å²) in [6, 6.07) is 15.8. The van der Waals surface area contributed by atoms with Crippen LogP contribution in [0.4, 0.5) is 27.7 Å². The maximum absolute atomic E-state index is 14.1. The molecule has 2 N–H and O–H groups in total. The number of hydrogen-bond acceptors (Lipinski definition) is 7. The van der Waals surface area contributed by atoms with E-state index in [1.807, 2.05) is 24.3 Å². The fourth-order valence-corrected chi connectivity index (χ4v) is 2.93. The molecule has 150 valence electrons. The average molecular weight is 403 g/mol. The van der Waals surface area contributed by atoms with Crippen molar-refractivity contribution in [2.24, 2.45) is 0 Å². The minimum absolute atomic E-state index is 0.253. The summed E-state index contributed by atoms with van der Waals surface area (Å²) in [5, 5.41) is 15.2. The van der Waals surface area contributed by atoms with E-state index < -0.39 is 5.82 Å². The van der Waals surface area contributed by atoms with Gasteiger partial charge in [-0.25, -0.2) is 14.4 Å². The SMILES string of the molecule is COc1ccc(Nc2ncc3nc(Nc4ccccc4F)n(CCC#N)c3n2)cc1. The molecule has 0 aliphatic rings. The van der Waals surface area contributed by atoms with Crippen molar-refractivity contribution in [3.05, 3.63) is 60.5 Å². The van der Waals surface area contributed by atoms with E-state index >= 15 is 0 Å². The largest absolute Gasteiger partial charge is 0.497 e.